The van der Waals surface area contributed by atoms with Crippen molar-refractivity contribution in [3.05, 3.63) is 64.9 Å². The van der Waals surface area contributed by atoms with E-state index >= 15 is 0 Å². The second-order valence-corrected chi connectivity index (χ2v) is 8.43. The minimum absolute atomic E-state index is 0.0106. The van der Waals surface area contributed by atoms with Crippen LogP contribution in [0.25, 0.3) is 16.9 Å². The van der Waals surface area contributed by atoms with Gasteiger partial charge in [0, 0.05) is 11.8 Å². The first kappa shape index (κ1) is 20.1. The quantitative estimate of drug-likeness (QED) is 0.580. The summed E-state index contributed by atoms with van der Waals surface area (Å²) in [6.07, 6.45) is -2.21. The molecule has 3 aromatic rings. The van der Waals surface area contributed by atoms with Gasteiger partial charge in [-0.3, -0.25) is 0 Å². The number of aromatic nitrogens is 2. The Labute approximate surface area is 159 Å². The predicted molar refractivity (Wildman–Crippen MR) is 96.5 cm³/mol. The Morgan fingerprint density at radius 2 is 1.57 bits per heavy atom. The van der Waals surface area contributed by atoms with E-state index in [1.165, 1.54) is 0 Å². The van der Waals surface area contributed by atoms with Crippen LogP contribution >= 0.6 is 0 Å². The maximum Gasteiger partial charge on any atom is 0.282 e. The topological polar surface area (TPSA) is 52.0 Å². The van der Waals surface area contributed by atoms with Gasteiger partial charge in [0.15, 0.2) is 9.84 Å². The average molecular weight is 412 g/mol. The summed E-state index contributed by atoms with van der Waals surface area (Å²) in [4.78, 5) is -1.07. The van der Waals surface area contributed by atoms with Gasteiger partial charge in [-0.1, -0.05) is 6.07 Å². The summed E-state index contributed by atoms with van der Waals surface area (Å²) in [7, 11) is -4.14. The van der Waals surface area contributed by atoms with Crippen LogP contribution in [0, 0.1) is 25.5 Å². The Balaban J connectivity index is 2.26. The molecule has 4 nitrogen and oxygen atoms in total. The van der Waals surface area contributed by atoms with Crippen LogP contribution in [0.2, 0.25) is 0 Å². The van der Waals surface area contributed by atoms with Crippen LogP contribution in [0.4, 0.5) is 17.6 Å². The molecule has 0 N–H and O–H groups in total. The summed E-state index contributed by atoms with van der Waals surface area (Å²) in [5, 5.41) is 3.86. The first-order valence-electron chi connectivity index (χ1n) is 8.14. The lowest BCUT2D eigenvalue weighted by molar-refractivity contribution is 0.145. The Hall–Kier alpha value is -2.68. The highest BCUT2D eigenvalue weighted by Gasteiger charge is 2.24. The van der Waals surface area contributed by atoms with E-state index in [2.05, 4.69) is 5.10 Å². The maximum absolute atomic E-state index is 14.3. The predicted octanol–water partition coefficient (Wildman–Crippen LogP) is 4.78. The summed E-state index contributed by atoms with van der Waals surface area (Å²) in [6, 6.07) is 7.73. The molecule has 0 aliphatic carbocycles. The molecular weight excluding hydrogens is 396 g/mol. The molecule has 1 aromatic heterocycles. The first-order valence-corrected chi connectivity index (χ1v) is 10.0. The summed E-state index contributed by atoms with van der Waals surface area (Å²) < 4.78 is 79.4. The smallest absolute Gasteiger partial charge is 0.233 e. The zero-order valence-corrected chi connectivity index (χ0v) is 16.0. The monoisotopic (exact) mass is 412 g/mol. The summed E-state index contributed by atoms with van der Waals surface area (Å²) >= 11 is 0. The maximum atomic E-state index is 14.3. The first-order chi connectivity index (χ1) is 13.0. The van der Waals surface area contributed by atoms with Gasteiger partial charge >= 0.3 is 0 Å². The Kier molecular flexibility index (Phi) is 5.05. The number of rotatable bonds is 4. The van der Waals surface area contributed by atoms with Gasteiger partial charge in [-0.2, -0.15) is 5.10 Å². The average Bonchev–Trinajstić information content (AvgIpc) is 3.01. The molecule has 0 aliphatic heterocycles. The molecule has 28 heavy (non-hydrogen) atoms. The molecule has 0 fully saturated rings. The second kappa shape index (κ2) is 7.05. The minimum atomic E-state index is -4.14. The van der Waals surface area contributed by atoms with Crippen molar-refractivity contribution in [2.75, 3.05) is 6.26 Å². The Morgan fingerprint density at radius 1 is 0.964 bits per heavy atom. The summed E-state index contributed by atoms with van der Waals surface area (Å²) in [6.45, 7) is 3.71. The molecular formula is C19H16F4N2O2S. The third kappa shape index (κ3) is 3.66. The van der Waals surface area contributed by atoms with Crippen LogP contribution in [0.1, 0.15) is 23.2 Å². The van der Waals surface area contributed by atoms with E-state index in [9.17, 15) is 26.0 Å². The molecule has 0 radical (unpaired) electrons. The fourth-order valence-corrected chi connectivity index (χ4v) is 3.65. The largest absolute Gasteiger partial charge is 0.282 e. The van der Waals surface area contributed by atoms with Gasteiger partial charge in [0.1, 0.15) is 22.2 Å². The number of halogens is 4. The molecule has 0 saturated carbocycles. The van der Waals surface area contributed by atoms with Gasteiger partial charge in [0.2, 0.25) is 0 Å². The molecule has 0 atom stereocenters. The molecule has 1 heterocycles. The molecule has 0 saturated heterocycles. The van der Waals surface area contributed by atoms with Gasteiger partial charge < -0.3 is 0 Å². The molecule has 0 aliphatic rings. The van der Waals surface area contributed by atoms with Crippen LogP contribution in [0.3, 0.4) is 0 Å². The van der Waals surface area contributed by atoms with E-state index < -0.39 is 38.5 Å². The SMILES string of the molecule is Cc1ccc(-n2nc(C(F)F)cc2-c2cc(F)c(S(C)(=O)=O)c(F)c2)cc1C. The highest BCUT2D eigenvalue weighted by Crippen LogP contribution is 2.32. The van der Waals surface area contributed by atoms with E-state index in [1.54, 1.807) is 18.2 Å². The molecule has 148 valence electrons. The van der Waals surface area contributed by atoms with E-state index in [4.69, 9.17) is 0 Å². The van der Waals surface area contributed by atoms with Gasteiger partial charge in [-0.15, -0.1) is 0 Å². The highest BCUT2D eigenvalue weighted by atomic mass is 32.2. The van der Waals surface area contributed by atoms with Crippen molar-refractivity contribution in [3.63, 3.8) is 0 Å². The third-order valence-electron chi connectivity index (χ3n) is 4.35. The van der Waals surface area contributed by atoms with Crippen LogP contribution in [-0.2, 0) is 9.84 Å². The van der Waals surface area contributed by atoms with Crippen LogP contribution in [-0.4, -0.2) is 24.5 Å². The number of aryl methyl sites for hydroxylation is 2. The van der Waals surface area contributed by atoms with Crippen molar-refractivity contribution in [2.45, 2.75) is 25.2 Å². The van der Waals surface area contributed by atoms with Crippen molar-refractivity contribution in [1.82, 2.24) is 9.78 Å². The van der Waals surface area contributed by atoms with Crippen molar-refractivity contribution < 1.29 is 26.0 Å². The molecule has 0 amide bonds. The molecule has 9 heteroatoms. The second-order valence-electron chi connectivity index (χ2n) is 6.48. The molecule has 2 aromatic carbocycles. The van der Waals surface area contributed by atoms with Gasteiger partial charge in [-0.25, -0.2) is 30.7 Å². The fourth-order valence-electron chi connectivity index (χ4n) is 2.83. The molecule has 0 bridgehead atoms. The fraction of sp³-hybridized carbons (Fsp3) is 0.211. The zero-order valence-electron chi connectivity index (χ0n) is 15.2. The van der Waals surface area contributed by atoms with Crippen LogP contribution in [0.15, 0.2) is 41.3 Å². The van der Waals surface area contributed by atoms with Crippen molar-refractivity contribution in [3.8, 4) is 16.9 Å². The minimum Gasteiger partial charge on any atom is -0.233 e. The number of benzene rings is 2. The normalized spacial score (nSPS) is 12.0. The Morgan fingerprint density at radius 3 is 2.07 bits per heavy atom. The van der Waals surface area contributed by atoms with Crippen molar-refractivity contribution >= 4 is 9.84 Å². The van der Waals surface area contributed by atoms with E-state index in [0.717, 1.165) is 34.0 Å². The Bertz CT molecular complexity index is 1150. The number of nitrogens with zero attached hydrogens (tertiary/aromatic N) is 2. The number of sulfone groups is 1. The molecule has 0 spiro atoms. The summed E-state index contributed by atoms with van der Waals surface area (Å²) in [5.41, 5.74) is 1.61. The number of hydrogen-bond donors (Lipinski definition) is 0. The van der Waals surface area contributed by atoms with Gasteiger partial charge in [0.25, 0.3) is 6.43 Å². The van der Waals surface area contributed by atoms with Crippen molar-refractivity contribution in [2.24, 2.45) is 0 Å². The van der Waals surface area contributed by atoms with Gasteiger partial charge in [-0.05, 0) is 55.3 Å². The standard InChI is InChI=1S/C19H16F4N2O2S/c1-10-4-5-13(6-11(10)2)25-17(9-16(24-25)19(22)23)12-7-14(20)18(15(21)8-12)28(3,26)27/h4-9,19H,1-3H3. The molecule has 3 rings (SSSR count). The number of hydrogen-bond acceptors (Lipinski definition) is 3. The van der Waals surface area contributed by atoms with Crippen LogP contribution in [0.5, 0.6) is 0 Å². The lowest BCUT2D eigenvalue weighted by atomic mass is 10.1. The number of alkyl halides is 2. The van der Waals surface area contributed by atoms with Crippen LogP contribution < -0.4 is 0 Å². The lowest BCUT2D eigenvalue weighted by Crippen LogP contribution is -2.06. The van der Waals surface area contributed by atoms with Crippen molar-refractivity contribution in [1.29, 1.82) is 0 Å². The zero-order chi connectivity index (χ0) is 20.8. The summed E-state index contributed by atoms with van der Waals surface area (Å²) in [5.74, 6) is -2.60. The third-order valence-corrected chi connectivity index (χ3v) is 5.48. The lowest BCUT2D eigenvalue weighted by Gasteiger charge is -2.11. The molecule has 0 unspecified atom stereocenters. The van der Waals surface area contributed by atoms with Gasteiger partial charge in [0.05, 0.1) is 11.4 Å². The highest BCUT2D eigenvalue weighted by molar-refractivity contribution is 7.90. The van der Waals surface area contributed by atoms with E-state index in [-0.39, 0.29) is 11.3 Å². The van der Waals surface area contributed by atoms with E-state index in [1.807, 2.05) is 13.8 Å². The van der Waals surface area contributed by atoms with E-state index in [0.29, 0.717) is 11.9 Å².